The molecule has 1 amide bonds. The Morgan fingerprint density at radius 3 is 2.67 bits per heavy atom. The van der Waals surface area contributed by atoms with E-state index in [1.165, 1.54) is 0 Å². The Hall–Kier alpha value is -0.220. The third-order valence-corrected chi connectivity index (χ3v) is 3.06. The molecule has 0 aliphatic heterocycles. The van der Waals surface area contributed by atoms with E-state index in [4.69, 9.17) is 5.73 Å². The summed E-state index contributed by atoms with van der Waals surface area (Å²) >= 11 is 1.82. The monoisotopic (exact) mass is 232 g/mol. The Kier molecular flexibility index (Phi) is 8.91. The molecule has 0 saturated heterocycles. The Balaban J connectivity index is 3.40. The van der Waals surface area contributed by atoms with Crippen molar-refractivity contribution in [1.29, 1.82) is 0 Å². The molecule has 0 radical (unpaired) electrons. The van der Waals surface area contributed by atoms with Crippen LogP contribution in [0, 0.1) is 5.92 Å². The number of thioether (sulfide) groups is 1. The third kappa shape index (κ3) is 10.1. The lowest BCUT2D eigenvalue weighted by Crippen LogP contribution is -2.29. The van der Waals surface area contributed by atoms with Crippen LogP contribution in [0.5, 0.6) is 0 Å². The van der Waals surface area contributed by atoms with Crippen LogP contribution in [0.1, 0.15) is 33.1 Å². The molecule has 0 saturated carbocycles. The number of nitrogens with one attached hydrogen (secondary N) is 1. The molecule has 15 heavy (non-hydrogen) atoms. The standard InChI is InChI=1S/C11H24N2OS/c1-9(8-15-3)7-13-11(14)6-4-5-10(2)12/h9-10H,4-8,12H2,1-3H3,(H,13,14). The Labute approximate surface area is 97.6 Å². The average molecular weight is 232 g/mol. The predicted octanol–water partition coefficient (Wildman–Crippen LogP) is 1.62. The molecule has 0 rings (SSSR count). The Morgan fingerprint density at radius 2 is 2.13 bits per heavy atom. The van der Waals surface area contributed by atoms with Gasteiger partial charge in [0.15, 0.2) is 0 Å². The quantitative estimate of drug-likeness (QED) is 0.668. The summed E-state index contributed by atoms with van der Waals surface area (Å²) in [6.07, 6.45) is 4.50. The first-order valence-corrected chi connectivity index (χ1v) is 6.96. The topological polar surface area (TPSA) is 55.1 Å². The van der Waals surface area contributed by atoms with Gasteiger partial charge in [0.2, 0.25) is 5.91 Å². The highest BCUT2D eigenvalue weighted by Crippen LogP contribution is 2.03. The van der Waals surface area contributed by atoms with Crippen molar-refractivity contribution < 1.29 is 4.79 Å². The highest BCUT2D eigenvalue weighted by molar-refractivity contribution is 7.98. The number of hydrogen-bond acceptors (Lipinski definition) is 3. The maximum atomic E-state index is 11.4. The van der Waals surface area contributed by atoms with Crippen molar-refractivity contribution in [3.05, 3.63) is 0 Å². The molecule has 0 aromatic heterocycles. The molecular weight excluding hydrogens is 208 g/mol. The highest BCUT2D eigenvalue weighted by Gasteiger charge is 2.05. The molecule has 0 bridgehead atoms. The summed E-state index contributed by atoms with van der Waals surface area (Å²) in [4.78, 5) is 11.4. The molecule has 3 nitrogen and oxygen atoms in total. The van der Waals surface area contributed by atoms with Gasteiger partial charge in [0.05, 0.1) is 0 Å². The summed E-state index contributed by atoms with van der Waals surface area (Å²) in [5.74, 6) is 1.81. The fourth-order valence-corrected chi connectivity index (χ4v) is 1.99. The maximum Gasteiger partial charge on any atom is 0.220 e. The van der Waals surface area contributed by atoms with E-state index in [0.29, 0.717) is 12.3 Å². The summed E-state index contributed by atoms with van der Waals surface area (Å²) in [5, 5.41) is 2.95. The van der Waals surface area contributed by atoms with Gasteiger partial charge in [-0.1, -0.05) is 6.92 Å². The Morgan fingerprint density at radius 1 is 1.47 bits per heavy atom. The molecule has 0 aliphatic rings. The lowest BCUT2D eigenvalue weighted by atomic mass is 10.1. The van der Waals surface area contributed by atoms with Crippen molar-refractivity contribution in [2.24, 2.45) is 11.7 Å². The Bertz CT molecular complexity index is 174. The van der Waals surface area contributed by atoms with Crippen LogP contribution in [0.2, 0.25) is 0 Å². The van der Waals surface area contributed by atoms with Crippen molar-refractivity contribution >= 4 is 17.7 Å². The summed E-state index contributed by atoms with van der Waals surface area (Å²) in [7, 11) is 0. The van der Waals surface area contributed by atoms with Crippen molar-refractivity contribution in [3.63, 3.8) is 0 Å². The average Bonchev–Trinajstić information content (AvgIpc) is 2.14. The number of nitrogens with two attached hydrogens (primary N) is 1. The predicted molar refractivity (Wildman–Crippen MR) is 68.1 cm³/mol. The van der Waals surface area contributed by atoms with Crippen LogP contribution in [0.3, 0.4) is 0 Å². The minimum atomic E-state index is 0.156. The lowest BCUT2D eigenvalue weighted by molar-refractivity contribution is -0.121. The zero-order valence-electron chi connectivity index (χ0n) is 10.1. The molecule has 0 fully saturated rings. The molecule has 2 atom stereocenters. The number of amides is 1. The zero-order chi connectivity index (χ0) is 11.7. The molecule has 0 aromatic rings. The molecule has 0 spiro atoms. The molecule has 4 heteroatoms. The molecule has 2 unspecified atom stereocenters. The van der Waals surface area contributed by atoms with Gasteiger partial charge in [-0.3, -0.25) is 4.79 Å². The van der Waals surface area contributed by atoms with Gasteiger partial charge in [0.1, 0.15) is 0 Å². The largest absolute Gasteiger partial charge is 0.356 e. The minimum Gasteiger partial charge on any atom is -0.356 e. The van der Waals surface area contributed by atoms with Crippen LogP contribution >= 0.6 is 11.8 Å². The van der Waals surface area contributed by atoms with Gasteiger partial charge in [-0.2, -0.15) is 11.8 Å². The first-order valence-electron chi connectivity index (χ1n) is 5.57. The van der Waals surface area contributed by atoms with Crippen LogP contribution in [-0.4, -0.2) is 30.5 Å². The van der Waals surface area contributed by atoms with E-state index in [1.807, 2.05) is 18.7 Å². The van der Waals surface area contributed by atoms with Gasteiger partial charge in [0, 0.05) is 19.0 Å². The first-order chi connectivity index (χ1) is 7.06. The molecular formula is C11H24N2OS. The van der Waals surface area contributed by atoms with E-state index in [0.717, 1.165) is 25.1 Å². The molecule has 3 N–H and O–H groups in total. The van der Waals surface area contributed by atoms with Gasteiger partial charge in [-0.05, 0) is 37.7 Å². The lowest BCUT2D eigenvalue weighted by Gasteiger charge is -2.11. The van der Waals surface area contributed by atoms with Crippen molar-refractivity contribution in [1.82, 2.24) is 5.32 Å². The summed E-state index contributed by atoms with van der Waals surface area (Å²) in [5.41, 5.74) is 5.61. The number of carbonyl (C=O) groups is 1. The van der Waals surface area contributed by atoms with E-state index >= 15 is 0 Å². The maximum absolute atomic E-state index is 11.4. The molecule has 0 aromatic carbocycles. The number of carbonyl (C=O) groups excluding carboxylic acids is 1. The van der Waals surface area contributed by atoms with Crippen molar-refractivity contribution in [3.8, 4) is 0 Å². The van der Waals surface area contributed by atoms with E-state index in [1.54, 1.807) is 0 Å². The van der Waals surface area contributed by atoms with Crippen molar-refractivity contribution in [2.45, 2.75) is 39.2 Å². The van der Waals surface area contributed by atoms with Crippen molar-refractivity contribution in [2.75, 3.05) is 18.6 Å². The fraction of sp³-hybridized carbons (Fsp3) is 0.909. The van der Waals surface area contributed by atoms with Gasteiger partial charge >= 0.3 is 0 Å². The van der Waals surface area contributed by atoms with Gasteiger partial charge in [-0.15, -0.1) is 0 Å². The highest BCUT2D eigenvalue weighted by atomic mass is 32.2. The first kappa shape index (κ1) is 14.8. The van der Waals surface area contributed by atoms with Crippen LogP contribution in [0.4, 0.5) is 0 Å². The summed E-state index contributed by atoms with van der Waals surface area (Å²) < 4.78 is 0. The van der Waals surface area contributed by atoms with E-state index in [2.05, 4.69) is 18.5 Å². The molecule has 0 heterocycles. The van der Waals surface area contributed by atoms with Gasteiger partial charge in [0.25, 0.3) is 0 Å². The summed E-state index contributed by atoms with van der Waals surface area (Å²) in [6, 6.07) is 0.202. The second-order valence-corrected chi connectivity index (χ2v) is 5.14. The molecule has 0 aliphatic carbocycles. The normalized spacial score (nSPS) is 14.7. The van der Waals surface area contributed by atoms with Crippen LogP contribution in [0.15, 0.2) is 0 Å². The van der Waals surface area contributed by atoms with Crippen LogP contribution in [0.25, 0.3) is 0 Å². The SMILES string of the molecule is CSCC(C)CNC(=O)CCCC(C)N. The second kappa shape index (κ2) is 9.04. The number of hydrogen-bond donors (Lipinski definition) is 2. The smallest absolute Gasteiger partial charge is 0.220 e. The van der Waals surface area contributed by atoms with Gasteiger partial charge < -0.3 is 11.1 Å². The van der Waals surface area contributed by atoms with Crippen LogP contribution in [-0.2, 0) is 4.79 Å². The van der Waals surface area contributed by atoms with E-state index in [-0.39, 0.29) is 11.9 Å². The van der Waals surface area contributed by atoms with Crippen LogP contribution < -0.4 is 11.1 Å². The van der Waals surface area contributed by atoms with E-state index < -0.39 is 0 Å². The fourth-order valence-electron chi connectivity index (χ4n) is 1.30. The molecule has 90 valence electrons. The number of rotatable bonds is 8. The zero-order valence-corrected chi connectivity index (χ0v) is 10.9. The minimum absolute atomic E-state index is 0.156. The third-order valence-electron chi connectivity index (χ3n) is 2.16. The van der Waals surface area contributed by atoms with E-state index in [9.17, 15) is 4.79 Å². The summed E-state index contributed by atoms with van der Waals surface area (Å²) in [6.45, 7) is 4.91. The second-order valence-electron chi connectivity index (χ2n) is 4.23. The van der Waals surface area contributed by atoms with Gasteiger partial charge in [-0.25, -0.2) is 0 Å².